The lowest BCUT2D eigenvalue weighted by Gasteiger charge is -2.36. The fourth-order valence-electron chi connectivity index (χ4n) is 4.44. The van der Waals surface area contributed by atoms with E-state index in [0.717, 1.165) is 23.4 Å². The molecule has 224 valence electrons. The first-order valence-corrected chi connectivity index (χ1v) is 13.2. The molecule has 0 spiro atoms. The highest BCUT2D eigenvalue weighted by Gasteiger charge is 2.35. The summed E-state index contributed by atoms with van der Waals surface area (Å²) in [5.41, 5.74) is 1.56. The van der Waals surface area contributed by atoms with E-state index in [1.165, 1.54) is 18.1 Å². The molecule has 1 aliphatic rings. The van der Waals surface area contributed by atoms with Crippen LogP contribution in [0.1, 0.15) is 11.1 Å². The van der Waals surface area contributed by atoms with Crippen LogP contribution in [0.4, 0.5) is 45.5 Å². The molecular formula is C29H32F3N5O5. The zero-order valence-corrected chi connectivity index (χ0v) is 23.1. The lowest BCUT2D eigenvalue weighted by molar-refractivity contribution is -0.137. The van der Waals surface area contributed by atoms with Gasteiger partial charge in [-0.15, -0.1) is 0 Å². The van der Waals surface area contributed by atoms with Crippen molar-refractivity contribution in [2.24, 2.45) is 0 Å². The molecule has 0 bridgehead atoms. The van der Waals surface area contributed by atoms with Gasteiger partial charge in [0.15, 0.2) is 0 Å². The van der Waals surface area contributed by atoms with Crippen molar-refractivity contribution in [3.8, 4) is 11.5 Å². The third kappa shape index (κ3) is 7.75. The van der Waals surface area contributed by atoms with E-state index in [4.69, 9.17) is 14.6 Å². The van der Waals surface area contributed by atoms with Crippen molar-refractivity contribution in [2.45, 2.75) is 13.1 Å². The Morgan fingerprint density at radius 3 is 2.26 bits per heavy atom. The summed E-state index contributed by atoms with van der Waals surface area (Å²) >= 11 is 0. The second-order valence-electron chi connectivity index (χ2n) is 9.51. The van der Waals surface area contributed by atoms with Crippen LogP contribution in [0.15, 0.2) is 60.7 Å². The Balaban J connectivity index is 1.31. The Labute approximate surface area is 241 Å². The fourth-order valence-corrected chi connectivity index (χ4v) is 4.44. The number of ether oxygens (including phenoxy) is 2. The van der Waals surface area contributed by atoms with Crippen molar-refractivity contribution in [2.75, 3.05) is 67.4 Å². The standard InChI is InChI=1S/C29H32F3N5O5/c1-19-3-10-26(41-2)25(17-19)34-27(39)33-20-4-6-21(7-5-20)36-11-13-37(14-12-36)28(40)35-24-9-8-22(42-16-15-38)18-23(24)29(30,31)32/h3-10,17-18,38H,11-16H2,1-2H3,(H,35,40)(H2,33,34,39). The number of hydrogen-bond donors (Lipinski definition) is 4. The number of methoxy groups -OCH3 is 1. The second kappa shape index (κ2) is 13.3. The Morgan fingerprint density at radius 1 is 0.905 bits per heavy atom. The number of carbonyl (C=O) groups is 2. The molecule has 3 aromatic rings. The Kier molecular flexibility index (Phi) is 9.63. The van der Waals surface area contributed by atoms with Crippen LogP contribution in [0.2, 0.25) is 0 Å². The summed E-state index contributed by atoms with van der Waals surface area (Å²) in [7, 11) is 1.53. The molecule has 3 aromatic carbocycles. The molecule has 0 saturated carbocycles. The van der Waals surface area contributed by atoms with Gasteiger partial charge < -0.3 is 40.3 Å². The van der Waals surface area contributed by atoms with Gasteiger partial charge in [0.25, 0.3) is 0 Å². The third-order valence-corrected chi connectivity index (χ3v) is 6.56. The van der Waals surface area contributed by atoms with Gasteiger partial charge in [-0.05, 0) is 67.1 Å². The number of aryl methyl sites for hydroxylation is 1. The van der Waals surface area contributed by atoms with E-state index in [2.05, 4.69) is 16.0 Å². The molecule has 1 fully saturated rings. The molecule has 0 aliphatic carbocycles. The minimum atomic E-state index is -4.71. The smallest absolute Gasteiger partial charge is 0.418 e. The molecule has 0 unspecified atom stereocenters. The summed E-state index contributed by atoms with van der Waals surface area (Å²) in [4.78, 5) is 28.8. The fraction of sp³-hybridized carbons (Fsp3) is 0.310. The van der Waals surface area contributed by atoms with Gasteiger partial charge in [0, 0.05) is 37.6 Å². The molecule has 10 nitrogen and oxygen atoms in total. The molecule has 0 radical (unpaired) electrons. The van der Waals surface area contributed by atoms with E-state index < -0.39 is 23.8 Å². The van der Waals surface area contributed by atoms with Crippen LogP contribution < -0.4 is 30.3 Å². The topological polar surface area (TPSA) is 115 Å². The predicted octanol–water partition coefficient (Wildman–Crippen LogP) is 5.39. The minimum absolute atomic E-state index is 0.0589. The number of rotatable bonds is 8. The maximum absolute atomic E-state index is 13.6. The van der Waals surface area contributed by atoms with Crippen molar-refractivity contribution >= 4 is 34.8 Å². The van der Waals surface area contributed by atoms with E-state index in [1.807, 2.05) is 36.1 Å². The number of urea groups is 2. The lowest BCUT2D eigenvalue weighted by atomic mass is 10.1. The number of aliphatic hydroxyl groups is 1. The van der Waals surface area contributed by atoms with Crippen LogP contribution >= 0.6 is 0 Å². The molecule has 4 N–H and O–H groups in total. The quantitative estimate of drug-likeness (QED) is 0.281. The van der Waals surface area contributed by atoms with Crippen LogP contribution in [-0.2, 0) is 6.18 Å². The largest absolute Gasteiger partial charge is 0.495 e. The normalized spacial score (nSPS) is 13.4. The van der Waals surface area contributed by atoms with Gasteiger partial charge in [-0.25, -0.2) is 9.59 Å². The molecule has 13 heteroatoms. The zero-order chi connectivity index (χ0) is 30.3. The summed E-state index contributed by atoms with van der Waals surface area (Å²) in [5, 5.41) is 16.8. The molecule has 42 heavy (non-hydrogen) atoms. The van der Waals surface area contributed by atoms with Gasteiger partial charge in [0.1, 0.15) is 18.1 Å². The number of carbonyl (C=O) groups excluding carboxylic acids is 2. The van der Waals surface area contributed by atoms with Crippen LogP contribution in [0.5, 0.6) is 11.5 Å². The SMILES string of the molecule is COc1ccc(C)cc1NC(=O)Nc1ccc(N2CCN(C(=O)Nc3ccc(OCCO)cc3C(F)(F)F)CC2)cc1. The Bertz CT molecular complexity index is 1390. The maximum atomic E-state index is 13.6. The number of alkyl halides is 3. The van der Waals surface area contributed by atoms with E-state index in [-0.39, 0.29) is 24.7 Å². The van der Waals surface area contributed by atoms with Gasteiger partial charge >= 0.3 is 18.2 Å². The Morgan fingerprint density at radius 2 is 1.62 bits per heavy atom. The van der Waals surface area contributed by atoms with E-state index in [1.54, 1.807) is 18.2 Å². The first kappa shape index (κ1) is 30.3. The lowest BCUT2D eigenvalue weighted by Crippen LogP contribution is -2.50. The number of halogens is 3. The summed E-state index contributed by atoms with van der Waals surface area (Å²) in [6.45, 7) is 2.95. The number of aliphatic hydroxyl groups excluding tert-OH is 1. The van der Waals surface area contributed by atoms with Gasteiger partial charge in [0.2, 0.25) is 0 Å². The maximum Gasteiger partial charge on any atom is 0.418 e. The summed E-state index contributed by atoms with van der Waals surface area (Å²) in [6.07, 6.45) is -4.71. The number of nitrogens with zero attached hydrogens (tertiary/aromatic N) is 2. The Hall–Kier alpha value is -4.65. The van der Waals surface area contributed by atoms with Crippen molar-refractivity contribution in [3.63, 3.8) is 0 Å². The van der Waals surface area contributed by atoms with Crippen LogP contribution in [0.25, 0.3) is 0 Å². The average Bonchev–Trinajstić information content (AvgIpc) is 2.96. The number of anilines is 4. The van der Waals surface area contributed by atoms with E-state index in [9.17, 15) is 22.8 Å². The third-order valence-electron chi connectivity index (χ3n) is 6.56. The van der Waals surface area contributed by atoms with Crippen molar-refractivity contribution in [1.29, 1.82) is 0 Å². The van der Waals surface area contributed by atoms with Gasteiger partial charge in [-0.1, -0.05) is 6.07 Å². The number of nitrogens with one attached hydrogen (secondary N) is 3. The van der Waals surface area contributed by atoms with E-state index >= 15 is 0 Å². The summed E-state index contributed by atoms with van der Waals surface area (Å²) in [6, 6.07) is 14.8. The second-order valence-corrected chi connectivity index (χ2v) is 9.51. The van der Waals surface area contributed by atoms with E-state index in [0.29, 0.717) is 43.3 Å². The first-order chi connectivity index (χ1) is 20.1. The first-order valence-electron chi connectivity index (χ1n) is 13.2. The van der Waals surface area contributed by atoms with Crippen LogP contribution in [-0.4, -0.2) is 68.6 Å². The van der Waals surface area contributed by atoms with Gasteiger partial charge in [-0.2, -0.15) is 13.2 Å². The number of amides is 4. The highest BCUT2D eigenvalue weighted by Crippen LogP contribution is 2.37. The van der Waals surface area contributed by atoms with Crippen LogP contribution in [0.3, 0.4) is 0 Å². The number of benzene rings is 3. The molecule has 1 aliphatic heterocycles. The van der Waals surface area contributed by atoms with Gasteiger partial charge in [0.05, 0.1) is 30.7 Å². The molecular weight excluding hydrogens is 555 g/mol. The zero-order valence-electron chi connectivity index (χ0n) is 23.1. The highest BCUT2D eigenvalue weighted by atomic mass is 19.4. The molecule has 4 amide bonds. The molecule has 1 heterocycles. The highest BCUT2D eigenvalue weighted by molar-refractivity contribution is 6.00. The molecule has 1 saturated heterocycles. The van der Waals surface area contributed by atoms with Gasteiger partial charge in [-0.3, -0.25) is 0 Å². The number of hydrogen-bond acceptors (Lipinski definition) is 6. The average molecular weight is 588 g/mol. The van der Waals surface area contributed by atoms with Crippen molar-refractivity contribution in [1.82, 2.24) is 4.90 Å². The summed E-state index contributed by atoms with van der Waals surface area (Å²) < 4.78 is 51.2. The van der Waals surface area contributed by atoms with Crippen molar-refractivity contribution in [3.05, 3.63) is 71.8 Å². The summed E-state index contributed by atoms with van der Waals surface area (Å²) in [5.74, 6) is 0.484. The predicted molar refractivity (Wildman–Crippen MR) is 154 cm³/mol. The minimum Gasteiger partial charge on any atom is -0.495 e. The molecule has 4 rings (SSSR count). The molecule has 0 aromatic heterocycles. The van der Waals surface area contributed by atoms with Crippen LogP contribution in [0, 0.1) is 6.92 Å². The van der Waals surface area contributed by atoms with Crippen molar-refractivity contribution < 1.29 is 37.3 Å². The molecule has 0 atom stereocenters. The monoisotopic (exact) mass is 587 g/mol. The number of piperazine rings is 1.